The van der Waals surface area contributed by atoms with E-state index in [0.29, 0.717) is 18.1 Å². The molecule has 0 aromatic heterocycles. The third kappa shape index (κ3) is 2.24. The Morgan fingerprint density at radius 1 is 1.24 bits per heavy atom. The molecule has 1 aromatic rings. The predicted molar refractivity (Wildman–Crippen MR) is 78.7 cm³/mol. The number of benzene rings is 1. The Balaban J connectivity index is 1.58. The molecule has 2 atom stereocenters. The highest BCUT2D eigenvalue weighted by Gasteiger charge is 2.39. The van der Waals surface area contributed by atoms with Gasteiger partial charge in [0.1, 0.15) is 0 Å². The second-order valence-electron chi connectivity index (χ2n) is 6.32. The van der Waals surface area contributed by atoms with Crippen LogP contribution in [0.25, 0.3) is 0 Å². The molecule has 2 fully saturated rings. The van der Waals surface area contributed by atoms with Crippen molar-refractivity contribution in [2.24, 2.45) is 5.73 Å². The molecule has 0 saturated carbocycles. The molecule has 0 radical (unpaired) electrons. The molecule has 3 aliphatic rings. The summed E-state index contributed by atoms with van der Waals surface area (Å²) in [5.74, 6) is 2.29. The summed E-state index contributed by atoms with van der Waals surface area (Å²) >= 11 is 0. The number of nitrogens with two attached hydrogens (primary N) is 1. The first-order valence-corrected chi connectivity index (χ1v) is 7.72. The van der Waals surface area contributed by atoms with Gasteiger partial charge in [0.05, 0.1) is 7.11 Å². The Kier molecular flexibility index (Phi) is 3.19. The zero-order chi connectivity index (χ0) is 14.4. The maximum Gasteiger partial charge on any atom is 0.231 e. The summed E-state index contributed by atoms with van der Waals surface area (Å²) in [6, 6.07) is 5.80. The van der Waals surface area contributed by atoms with Crippen LogP contribution in [0.5, 0.6) is 17.2 Å². The number of fused-ring (bicyclic) bond motifs is 3. The van der Waals surface area contributed by atoms with Crippen LogP contribution in [0.2, 0.25) is 0 Å². The first-order valence-electron chi connectivity index (χ1n) is 7.72. The minimum absolute atomic E-state index is 0.277. The third-order valence-corrected chi connectivity index (χ3v) is 5.00. The van der Waals surface area contributed by atoms with Gasteiger partial charge in [0.25, 0.3) is 0 Å². The fraction of sp³-hybridized carbons (Fsp3) is 0.625. The number of piperidine rings is 1. The van der Waals surface area contributed by atoms with Crippen LogP contribution in [0, 0.1) is 0 Å². The van der Waals surface area contributed by atoms with Crippen molar-refractivity contribution < 1.29 is 14.2 Å². The summed E-state index contributed by atoms with van der Waals surface area (Å²) in [4.78, 5) is 2.61. The number of hydrogen-bond donors (Lipinski definition) is 1. The molecule has 2 unspecified atom stereocenters. The van der Waals surface area contributed by atoms with Crippen molar-refractivity contribution in [2.45, 2.75) is 50.4 Å². The van der Waals surface area contributed by atoms with Crippen molar-refractivity contribution in [3.8, 4) is 17.2 Å². The molecule has 1 aromatic carbocycles. The Morgan fingerprint density at radius 3 is 2.71 bits per heavy atom. The summed E-state index contributed by atoms with van der Waals surface area (Å²) in [5, 5.41) is 0. The lowest BCUT2D eigenvalue weighted by Gasteiger charge is -2.37. The van der Waals surface area contributed by atoms with Crippen LogP contribution in [0.15, 0.2) is 12.1 Å². The fourth-order valence-electron chi connectivity index (χ4n) is 4.06. The largest absolute Gasteiger partial charge is 0.493 e. The van der Waals surface area contributed by atoms with Gasteiger partial charge in [-0.25, -0.2) is 0 Å². The number of hydrogen-bond acceptors (Lipinski definition) is 5. The van der Waals surface area contributed by atoms with E-state index in [4.69, 9.17) is 19.9 Å². The van der Waals surface area contributed by atoms with Crippen LogP contribution < -0.4 is 19.9 Å². The van der Waals surface area contributed by atoms with Crippen molar-refractivity contribution in [3.05, 3.63) is 17.7 Å². The van der Waals surface area contributed by atoms with Gasteiger partial charge >= 0.3 is 0 Å². The van der Waals surface area contributed by atoms with Crippen molar-refractivity contribution in [2.75, 3.05) is 13.9 Å². The average molecular weight is 290 g/mol. The second kappa shape index (κ2) is 5.07. The van der Waals surface area contributed by atoms with Crippen LogP contribution in [-0.4, -0.2) is 36.9 Å². The van der Waals surface area contributed by atoms with E-state index >= 15 is 0 Å². The summed E-state index contributed by atoms with van der Waals surface area (Å²) in [5.41, 5.74) is 7.37. The van der Waals surface area contributed by atoms with Crippen LogP contribution in [0.4, 0.5) is 0 Å². The lowest BCUT2D eigenvalue weighted by molar-refractivity contribution is 0.119. The fourth-order valence-corrected chi connectivity index (χ4v) is 4.06. The molecular formula is C16H22N2O3. The van der Waals surface area contributed by atoms with Crippen LogP contribution >= 0.6 is 0 Å². The SMILES string of the molecule is COc1cc(CN2C3CCC2CC(N)C3)cc2c1OCO2. The average Bonchev–Trinajstić information content (AvgIpc) is 3.02. The molecular weight excluding hydrogens is 268 g/mol. The van der Waals surface area contributed by atoms with Crippen molar-refractivity contribution in [3.63, 3.8) is 0 Å². The summed E-state index contributed by atoms with van der Waals surface area (Å²) in [6.07, 6.45) is 4.80. The topological polar surface area (TPSA) is 57.0 Å². The van der Waals surface area contributed by atoms with E-state index in [1.807, 2.05) is 0 Å². The third-order valence-electron chi connectivity index (χ3n) is 5.00. The predicted octanol–water partition coefficient (Wildman–Crippen LogP) is 1.88. The lowest BCUT2D eigenvalue weighted by Crippen LogP contribution is -2.46. The molecule has 5 heteroatoms. The van der Waals surface area contributed by atoms with Crippen LogP contribution in [0.3, 0.4) is 0 Å². The number of ether oxygens (including phenoxy) is 3. The van der Waals surface area contributed by atoms with Gasteiger partial charge in [0, 0.05) is 24.7 Å². The van der Waals surface area contributed by atoms with Gasteiger partial charge in [-0.3, -0.25) is 4.90 Å². The van der Waals surface area contributed by atoms with E-state index < -0.39 is 0 Å². The van der Waals surface area contributed by atoms with E-state index in [-0.39, 0.29) is 6.79 Å². The quantitative estimate of drug-likeness (QED) is 0.921. The molecule has 2 saturated heterocycles. The summed E-state index contributed by atoms with van der Waals surface area (Å²) < 4.78 is 16.4. The molecule has 3 aliphatic heterocycles. The Hall–Kier alpha value is -1.46. The molecule has 0 aliphatic carbocycles. The molecule has 4 rings (SSSR count). The highest BCUT2D eigenvalue weighted by molar-refractivity contribution is 5.55. The maximum absolute atomic E-state index is 6.15. The lowest BCUT2D eigenvalue weighted by atomic mass is 9.97. The first-order chi connectivity index (χ1) is 10.2. The van der Waals surface area contributed by atoms with E-state index in [1.54, 1.807) is 7.11 Å². The molecule has 3 heterocycles. The monoisotopic (exact) mass is 290 g/mol. The normalized spacial score (nSPS) is 30.7. The van der Waals surface area contributed by atoms with Gasteiger partial charge in [-0.1, -0.05) is 0 Å². The summed E-state index contributed by atoms with van der Waals surface area (Å²) in [7, 11) is 1.67. The van der Waals surface area contributed by atoms with Gasteiger partial charge in [-0.2, -0.15) is 0 Å². The smallest absolute Gasteiger partial charge is 0.231 e. The standard InChI is InChI=1S/C16H22N2O3/c1-19-14-4-10(5-15-16(14)21-9-20-15)8-18-12-2-3-13(18)7-11(17)6-12/h4-5,11-13H,2-3,6-9,17H2,1H3. The van der Waals surface area contributed by atoms with Gasteiger partial charge in [-0.15, -0.1) is 0 Å². The zero-order valence-electron chi connectivity index (χ0n) is 12.4. The molecule has 114 valence electrons. The van der Waals surface area contributed by atoms with Gasteiger partial charge in [0.2, 0.25) is 12.5 Å². The van der Waals surface area contributed by atoms with Crippen molar-refractivity contribution in [1.29, 1.82) is 0 Å². The number of nitrogens with zero attached hydrogens (tertiary/aromatic N) is 1. The molecule has 0 amide bonds. The molecule has 5 nitrogen and oxygen atoms in total. The second-order valence-corrected chi connectivity index (χ2v) is 6.32. The number of methoxy groups -OCH3 is 1. The van der Waals surface area contributed by atoms with E-state index in [0.717, 1.165) is 36.6 Å². The summed E-state index contributed by atoms with van der Waals surface area (Å²) in [6.45, 7) is 1.22. The van der Waals surface area contributed by atoms with Crippen LogP contribution in [-0.2, 0) is 6.54 Å². The molecule has 2 bridgehead atoms. The Bertz CT molecular complexity index is 535. The highest BCUT2D eigenvalue weighted by Crippen LogP contribution is 2.43. The van der Waals surface area contributed by atoms with Gasteiger partial charge in [0.15, 0.2) is 11.5 Å². The molecule has 0 spiro atoms. The van der Waals surface area contributed by atoms with E-state index in [2.05, 4.69) is 17.0 Å². The zero-order valence-corrected chi connectivity index (χ0v) is 12.4. The van der Waals surface area contributed by atoms with E-state index in [1.165, 1.54) is 18.4 Å². The molecule has 21 heavy (non-hydrogen) atoms. The highest BCUT2D eigenvalue weighted by atomic mass is 16.7. The van der Waals surface area contributed by atoms with Gasteiger partial charge in [-0.05, 0) is 43.4 Å². The van der Waals surface area contributed by atoms with Crippen molar-refractivity contribution >= 4 is 0 Å². The minimum Gasteiger partial charge on any atom is -0.493 e. The maximum atomic E-state index is 6.15. The molecule has 2 N–H and O–H groups in total. The van der Waals surface area contributed by atoms with Crippen LogP contribution in [0.1, 0.15) is 31.2 Å². The Labute approximate surface area is 125 Å². The van der Waals surface area contributed by atoms with Gasteiger partial charge < -0.3 is 19.9 Å². The minimum atomic E-state index is 0.277. The van der Waals surface area contributed by atoms with E-state index in [9.17, 15) is 0 Å². The first kappa shape index (κ1) is 13.2. The van der Waals surface area contributed by atoms with Crippen molar-refractivity contribution in [1.82, 2.24) is 4.90 Å². The Morgan fingerprint density at radius 2 is 2.00 bits per heavy atom. The number of rotatable bonds is 3.